The number of anilines is 2. The van der Waals surface area contributed by atoms with Gasteiger partial charge in [-0.25, -0.2) is 9.97 Å². The third-order valence-electron chi connectivity index (χ3n) is 6.33. The molecule has 0 spiro atoms. The van der Waals surface area contributed by atoms with Crippen molar-refractivity contribution in [2.75, 3.05) is 30.9 Å². The first-order valence-corrected chi connectivity index (χ1v) is 11.6. The average Bonchev–Trinajstić information content (AvgIpc) is 3.13. The molecule has 0 aliphatic heterocycles. The number of hydrogen-bond acceptors (Lipinski definition) is 6. The fraction of sp³-hybridized carbons (Fsp3) is 0.423. The van der Waals surface area contributed by atoms with Gasteiger partial charge < -0.3 is 15.0 Å². The molecule has 0 saturated carbocycles. The van der Waals surface area contributed by atoms with Crippen molar-refractivity contribution in [3.8, 4) is 11.4 Å². The van der Waals surface area contributed by atoms with Gasteiger partial charge in [-0.15, -0.1) is 0 Å². The van der Waals surface area contributed by atoms with Gasteiger partial charge in [0, 0.05) is 45.4 Å². The van der Waals surface area contributed by atoms with E-state index in [1.165, 1.54) is 11.1 Å². The van der Waals surface area contributed by atoms with Crippen molar-refractivity contribution in [1.29, 1.82) is 0 Å². The van der Waals surface area contributed by atoms with E-state index in [4.69, 9.17) is 9.72 Å². The Labute approximate surface area is 195 Å². The van der Waals surface area contributed by atoms with Gasteiger partial charge in [0.2, 0.25) is 0 Å². The molecule has 174 valence electrons. The van der Waals surface area contributed by atoms with E-state index in [2.05, 4.69) is 22.4 Å². The van der Waals surface area contributed by atoms with E-state index in [0.717, 1.165) is 23.4 Å². The molecule has 2 atom stereocenters. The Balaban J connectivity index is 1.77. The lowest BCUT2D eigenvalue weighted by Gasteiger charge is -2.24. The van der Waals surface area contributed by atoms with Gasteiger partial charge in [0.05, 0.1) is 17.8 Å². The number of benzene rings is 1. The number of hydrogen-bond donors (Lipinski definition) is 1. The van der Waals surface area contributed by atoms with Crippen LogP contribution in [0.4, 0.5) is 11.5 Å². The highest BCUT2D eigenvalue weighted by molar-refractivity contribution is 5.64. The third kappa shape index (κ3) is 4.25. The zero-order chi connectivity index (χ0) is 23.7. The Kier molecular flexibility index (Phi) is 6.51. The quantitative estimate of drug-likeness (QED) is 0.587. The van der Waals surface area contributed by atoms with Crippen molar-refractivity contribution < 1.29 is 4.74 Å². The normalized spacial score (nSPS) is 17.2. The summed E-state index contributed by atoms with van der Waals surface area (Å²) in [6.07, 6.45) is 2.62. The standard InChI is InChI=1S/C26H33N5O2/c1-7-31-25(20-15-27-22(30(5)6)13-16(20)3)28-17(4)23(26(31)32)29-24-19-12-10-9-11-18(19)14-21(24)33-8-2/h9-13,15,21,24,29H,7-8,14H2,1-6H3/t21-,24?/m0/s1. The van der Waals surface area contributed by atoms with E-state index < -0.39 is 0 Å². The molecule has 0 bridgehead atoms. The minimum absolute atomic E-state index is 0.0222. The number of ether oxygens (including phenoxy) is 1. The van der Waals surface area contributed by atoms with Gasteiger partial charge in [0.1, 0.15) is 17.3 Å². The van der Waals surface area contributed by atoms with Crippen molar-refractivity contribution in [2.24, 2.45) is 0 Å². The predicted octanol–water partition coefficient (Wildman–Crippen LogP) is 4.12. The van der Waals surface area contributed by atoms with E-state index in [-0.39, 0.29) is 17.7 Å². The first kappa shape index (κ1) is 23.0. The van der Waals surface area contributed by atoms with Gasteiger partial charge in [-0.1, -0.05) is 24.3 Å². The topological polar surface area (TPSA) is 72.3 Å². The van der Waals surface area contributed by atoms with E-state index in [0.29, 0.717) is 30.4 Å². The Morgan fingerprint density at radius 1 is 1.21 bits per heavy atom. The van der Waals surface area contributed by atoms with Crippen LogP contribution < -0.4 is 15.8 Å². The molecule has 3 aromatic rings. The minimum Gasteiger partial charge on any atom is -0.376 e. The molecule has 1 aliphatic rings. The van der Waals surface area contributed by atoms with Crippen LogP contribution >= 0.6 is 0 Å². The maximum Gasteiger partial charge on any atom is 0.277 e. The predicted molar refractivity (Wildman–Crippen MR) is 133 cm³/mol. The van der Waals surface area contributed by atoms with Gasteiger partial charge in [0.25, 0.3) is 5.56 Å². The van der Waals surface area contributed by atoms with E-state index in [1.807, 2.05) is 71.1 Å². The van der Waals surface area contributed by atoms with Crippen molar-refractivity contribution in [3.05, 3.63) is 69.3 Å². The molecule has 0 amide bonds. The monoisotopic (exact) mass is 447 g/mol. The second-order valence-corrected chi connectivity index (χ2v) is 8.72. The molecular weight excluding hydrogens is 414 g/mol. The first-order valence-electron chi connectivity index (χ1n) is 11.6. The molecule has 1 aliphatic carbocycles. The van der Waals surface area contributed by atoms with Crippen LogP contribution in [0.1, 0.15) is 42.3 Å². The highest BCUT2D eigenvalue weighted by atomic mass is 16.5. The second kappa shape index (κ2) is 9.35. The zero-order valence-corrected chi connectivity index (χ0v) is 20.3. The molecule has 2 heterocycles. The Bertz CT molecular complexity index is 1220. The summed E-state index contributed by atoms with van der Waals surface area (Å²) in [4.78, 5) is 25.1. The number of fused-ring (bicyclic) bond motifs is 1. The summed E-state index contributed by atoms with van der Waals surface area (Å²) < 4.78 is 7.77. The number of nitrogens with zero attached hydrogens (tertiary/aromatic N) is 4. The van der Waals surface area contributed by atoms with Crippen LogP contribution in [0.15, 0.2) is 41.3 Å². The molecular formula is C26H33N5O2. The molecule has 0 saturated heterocycles. The number of aromatic nitrogens is 3. The fourth-order valence-electron chi connectivity index (χ4n) is 4.60. The smallest absolute Gasteiger partial charge is 0.277 e. The Morgan fingerprint density at radius 3 is 2.64 bits per heavy atom. The van der Waals surface area contributed by atoms with Crippen LogP contribution in [-0.2, 0) is 17.7 Å². The van der Waals surface area contributed by atoms with Crippen molar-refractivity contribution in [1.82, 2.24) is 14.5 Å². The molecule has 7 nitrogen and oxygen atoms in total. The largest absolute Gasteiger partial charge is 0.376 e. The third-order valence-corrected chi connectivity index (χ3v) is 6.33. The fourth-order valence-corrected chi connectivity index (χ4v) is 4.60. The van der Waals surface area contributed by atoms with E-state index >= 15 is 0 Å². The molecule has 0 fully saturated rings. The van der Waals surface area contributed by atoms with Gasteiger partial charge >= 0.3 is 0 Å². The summed E-state index contributed by atoms with van der Waals surface area (Å²) >= 11 is 0. The van der Waals surface area contributed by atoms with Crippen molar-refractivity contribution >= 4 is 11.5 Å². The molecule has 1 aromatic carbocycles. The Morgan fingerprint density at radius 2 is 1.97 bits per heavy atom. The summed E-state index contributed by atoms with van der Waals surface area (Å²) in [7, 11) is 3.92. The minimum atomic E-state index is -0.0896. The summed E-state index contributed by atoms with van der Waals surface area (Å²) in [6.45, 7) is 9.03. The van der Waals surface area contributed by atoms with E-state index in [9.17, 15) is 4.79 Å². The van der Waals surface area contributed by atoms with Crippen LogP contribution in [0.2, 0.25) is 0 Å². The summed E-state index contributed by atoms with van der Waals surface area (Å²) in [5, 5.41) is 3.52. The Hall–Kier alpha value is -3.19. The second-order valence-electron chi connectivity index (χ2n) is 8.72. The summed E-state index contributed by atoms with van der Waals surface area (Å²) in [5.41, 5.74) is 5.47. The summed E-state index contributed by atoms with van der Waals surface area (Å²) in [6, 6.07) is 10.3. The lowest BCUT2D eigenvalue weighted by molar-refractivity contribution is 0.0574. The highest BCUT2D eigenvalue weighted by Crippen LogP contribution is 2.36. The maximum atomic E-state index is 13.7. The molecule has 1 unspecified atom stereocenters. The molecule has 33 heavy (non-hydrogen) atoms. The van der Waals surface area contributed by atoms with Crippen molar-refractivity contribution in [3.63, 3.8) is 0 Å². The number of rotatable bonds is 7. The zero-order valence-electron chi connectivity index (χ0n) is 20.3. The van der Waals surface area contributed by atoms with Gasteiger partial charge in [0.15, 0.2) is 0 Å². The lowest BCUT2D eigenvalue weighted by Crippen LogP contribution is -2.32. The lowest BCUT2D eigenvalue weighted by atomic mass is 10.1. The van der Waals surface area contributed by atoms with Crippen LogP contribution in [0.3, 0.4) is 0 Å². The summed E-state index contributed by atoms with van der Waals surface area (Å²) in [5.74, 6) is 1.52. The number of pyridine rings is 1. The molecule has 2 aromatic heterocycles. The van der Waals surface area contributed by atoms with Crippen molar-refractivity contribution in [2.45, 2.75) is 52.8 Å². The number of nitrogens with one attached hydrogen (secondary N) is 1. The highest BCUT2D eigenvalue weighted by Gasteiger charge is 2.34. The molecule has 0 radical (unpaired) electrons. The SMILES string of the molecule is CCO[C@H]1Cc2ccccc2C1Nc1c(C)nc(-c2cnc(N(C)C)cc2C)n(CC)c1=O. The van der Waals surface area contributed by atoms with Crippen LogP contribution in [0.25, 0.3) is 11.4 Å². The maximum absolute atomic E-state index is 13.7. The van der Waals surface area contributed by atoms with Crippen LogP contribution in [0.5, 0.6) is 0 Å². The molecule has 7 heteroatoms. The molecule has 4 rings (SSSR count). The average molecular weight is 448 g/mol. The van der Waals surface area contributed by atoms with Gasteiger partial charge in [-0.2, -0.15) is 0 Å². The van der Waals surface area contributed by atoms with E-state index in [1.54, 1.807) is 4.57 Å². The molecule has 1 N–H and O–H groups in total. The van der Waals surface area contributed by atoms with Crippen LogP contribution in [-0.4, -0.2) is 41.3 Å². The number of aryl methyl sites for hydroxylation is 2. The van der Waals surface area contributed by atoms with Gasteiger partial charge in [-0.05, 0) is 50.5 Å². The van der Waals surface area contributed by atoms with Crippen LogP contribution in [0, 0.1) is 13.8 Å². The van der Waals surface area contributed by atoms with Gasteiger partial charge in [-0.3, -0.25) is 9.36 Å². The first-order chi connectivity index (χ1) is 15.8.